The Bertz CT molecular complexity index is 559. The number of aromatic nitrogens is 2. The van der Waals surface area contributed by atoms with Crippen molar-refractivity contribution in [1.82, 2.24) is 9.97 Å². The van der Waals surface area contributed by atoms with E-state index in [1.165, 1.54) is 6.20 Å². The van der Waals surface area contributed by atoms with E-state index in [0.29, 0.717) is 12.4 Å². The number of hydrogen-bond acceptors (Lipinski definition) is 4. The average Bonchev–Trinajstić information content (AvgIpc) is 2.37. The highest BCUT2D eigenvalue weighted by atomic mass is 35.5. The topological polar surface area (TPSA) is 80.9 Å². The summed E-state index contributed by atoms with van der Waals surface area (Å²) < 4.78 is 0. The van der Waals surface area contributed by atoms with Crippen molar-refractivity contribution < 1.29 is 4.79 Å². The molecule has 6 heteroatoms. The summed E-state index contributed by atoms with van der Waals surface area (Å²) in [6.07, 6.45) is 1.31. The maximum Gasteiger partial charge on any atom is 0.254 e. The zero-order valence-electron chi connectivity index (χ0n) is 9.43. The zero-order chi connectivity index (χ0) is 13.0. The molecule has 0 saturated carbocycles. The molecule has 0 fully saturated rings. The van der Waals surface area contributed by atoms with Crippen LogP contribution in [0, 0.1) is 0 Å². The van der Waals surface area contributed by atoms with Crippen LogP contribution in [0.1, 0.15) is 15.9 Å². The van der Waals surface area contributed by atoms with Gasteiger partial charge in [0.2, 0.25) is 5.28 Å². The molecule has 0 aliphatic carbocycles. The molecule has 2 rings (SSSR count). The molecule has 18 heavy (non-hydrogen) atoms. The SMILES string of the molecule is NC(=O)c1cnc(Cl)nc1NCc1ccccc1. The van der Waals surface area contributed by atoms with Crippen LogP contribution in [-0.4, -0.2) is 15.9 Å². The van der Waals surface area contributed by atoms with Crippen LogP contribution < -0.4 is 11.1 Å². The monoisotopic (exact) mass is 262 g/mol. The number of amides is 1. The number of hydrogen-bond donors (Lipinski definition) is 2. The van der Waals surface area contributed by atoms with Gasteiger partial charge >= 0.3 is 0 Å². The van der Waals surface area contributed by atoms with Gasteiger partial charge in [-0.25, -0.2) is 4.98 Å². The first-order valence-corrected chi connectivity index (χ1v) is 5.65. The Morgan fingerprint density at radius 3 is 2.72 bits per heavy atom. The first-order chi connectivity index (χ1) is 8.66. The summed E-state index contributed by atoms with van der Waals surface area (Å²) in [5, 5.41) is 3.08. The smallest absolute Gasteiger partial charge is 0.254 e. The van der Waals surface area contributed by atoms with E-state index in [-0.39, 0.29) is 10.8 Å². The van der Waals surface area contributed by atoms with Gasteiger partial charge in [-0.3, -0.25) is 4.79 Å². The molecular weight excluding hydrogens is 252 g/mol. The minimum absolute atomic E-state index is 0.0653. The van der Waals surface area contributed by atoms with Crippen LogP contribution in [0.2, 0.25) is 5.28 Å². The highest BCUT2D eigenvalue weighted by Gasteiger charge is 2.10. The molecule has 0 unspecified atom stereocenters. The van der Waals surface area contributed by atoms with Crippen LogP contribution in [0.25, 0.3) is 0 Å². The standard InChI is InChI=1S/C12H11ClN4O/c13-12-16-7-9(10(14)18)11(17-12)15-6-8-4-2-1-3-5-8/h1-5,7H,6H2,(H2,14,18)(H,15,16,17). The van der Waals surface area contributed by atoms with Crippen molar-refractivity contribution >= 4 is 23.3 Å². The molecule has 3 N–H and O–H groups in total. The Hall–Kier alpha value is -2.14. The number of benzene rings is 1. The van der Waals surface area contributed by atoms with E-state index in [2.05, 4.69) is 15.3 Å². The summed E-state index contributed by atoms with van der Waals surface area (Å²) in [6, 6.07) is 9.71. The summed E-state index contributed by atoms with van der Waals surface area (Å²) in [4.78, 5) is 18.9. The Balaban J connectivity index is 2.18. The number of carbonyl (C=O) groups excluding carboxylic acids is 1. The van der Waals surface area contributed by atoms with E-state index < -0.39 is 5.91 Å². The number of halogens is 1. The van der Waals surface area contributed by atoms with Crippen LogP contribution in [-0.2, 0) is 6.54 Å². The van der Waals surface area contributed by atoms with Crippen molar-refractivity contribution in [1.29, 1.82) is 0 Å². The molecule has 0 radical (unpaired) electrons. The summed E-state index contributed by atoms with van der Waals surface area (Å²) in [5.41, 5.74) is 6.51. The normalized spacial score (nSPS) is 10.1. The van der Waals surface area contributed by atoms with Gasteiger partial charge in [0.25, 0.3) is 5.91 Å². The van der Waals surface area contributed by atoms with E-state index in [0.717, 1.165) is 5.56 Å². The summed E-state index contributed by atoms with van der Waals surface area (Å²) in [7, 11) is 0. The third kappa shape index (κ3) is 2.95. The van der Waals surface area contributed by atoms with Gasteiger partial charge in [0.05, 0.1) is 5.56 Å². The Morgan fingerprint density at radius 1 is 1.33 bits per heavy atom. The molecule has 5 nitrogen and oxygen atoms in total. The molecule has 2 aromatic rings. The zero-order valence-corrected chi connectivity index (χ0v) is 10.2. The second kappa shape index (κ2) is 5.46. The average molecular weight is 263 g/mol. The maximum absolute atomic E-state index is 11.2. The quantitative estimate of drug-likeness (QED) is 0.824. The van der Waals surface area contributed by atoms with Gasteiger partial charge in [0, 0.05) is 12.7 Å². The van der Waals surface area contributed by atoms with E-state index in [1.807, 2.05) is 30.3 Å². The number of nitrogens with two attached hydrogens (primary N) is 1. The predicted octanol–water partition coefficient (Wildman–Crippen LogP) is 1.84. The third-order valence-corrected chi connectivity index (χ3v) is 2.51. The van der Waals surface area contributed by atoms with Gasteiger partial charge in [0.15, 0.2) is 0 Å². The molecule has 0 bridgehead atoms. The molecule has 1 heterocycles. The number of rotatable bonds is 4. The Kier molecular flexibility index (Phi) is 3.74. The molecule has 1 aromatic carbocycles. The number of primary amides is 1. The molecule has 0 saturated heterocycles. The van der Waals surface area contributed by atoms with Gasteiger partial charge in [-0.2, -0.15) is 4.98 Å². The highest BCUT2D eigenvalue weighted by Crippen LogP contribution is 2.14. The van der Waals surface area contributed by atoms with Crippen LogP contribution in [0.15, 0.2) is 36.5 Å². The second-order valence-corrected chi connectivity index (χ2v) is 3.94. The van der Waals surface area contributed by atoms with E-state index in [1.54, 1.807) is 0 Å². The van der Waals surface area contributed by atoms with Crippen molar-refractivity contribution in [3.8, 4) is 0 Å². The predicted molar refractivity (Wildman–Crippen MR) is 69.3 cm³/mol. The van der Waals surface area contributed by atoms with Gasteiger partial charge in [-0.15, -0.1) is 0 Å². The number of nitrogens with zero attached hydrogens (tertiary/aromatic N) is 2. The summed E-state index contributed by atoms with van der Waals surface area (Å²) in [6.45, 7) is 0.522. The van der Waals surface area contributed by atoms with Gasteiger partial charge in [-0.05, 0) is 17.2 Å². The minimum atomic E-state index is -0.595. The van der Waals surface area contributed by atoms with Crippen molar-refractivity contribution in [2.24, 2.45) is 5.73 Å². The Labute approximate surface area is 109 Å². The van der Waals surface area contributed by atoms with Crippen molar-refractivity contribution in [3.63, 3.8) is 0 Å². The largest absolute Gasteiger partial charge is 0.365 e. The summed E-state index contributed by atoms with van der Waals surface area (Å²) in [5.74, 6) is -0.256. The molecule has 0 aliphatic heterocycles. The first-order valence-electron chi connectivity index (χ1n) is 5.27. The molecule has 0 aliphatic rings. The van der Waals surface area contributed by atoms with Crippen LogP contribution in [0.3, 0.4) is 0 Å². The van der Waals surface area contributed by atoms with Gasteiger partial charge in [-0.1, -0.05) is 30.3 Å². The molecule has 0 atom stereocenters. The third-order valence-electron chi connectivity index (χ3n) is 2.33. The maximum atomic E-state index is 11.2. The number of anilines is 1. The van der Waals surface area contributed by atoms with Crippen LogP contribution >= 0.6 is 11.6 Å². The molecular formula is C12H11ClN4O. The van der Waals surface area contributed by atoms with Gasteiger partial charge < -0.3 is 11.1 Å². The number of nitrogens with one attached hydrogen (secondary N) is 1. The molecule has 0 spiro atoms. The van der Waals surface area contributed by atoms with Crippen molar-refractivity contribution in [3.05, 3.63) is 52.9 Å². The lowest BCUT2D eigenvalue weighted by Gasteiger charge is -2.08. The lowest BCUT2D eigenvalue weighted by atomic mass is 10.2. The van der Waals surface area contributed by atoms with Crippen molar-refractivity contribution in [2.75, 3.05) is 5.32 Å². The fourth-order valence-electron chi connectivity index (χ4n) is 1.46. The Morgan fingerprint density at radius 2 is 2.06 bits per heavy atom. The molecule has 92 valence electrons. The second-order valence-electron chi connectivity index (χ2n) is 3.60. The van der Waals surface area contributed by atoms with E-state index in [9.17, 15) is 4.79 Å². The van der Waals surface area contributed by atoms with E-state index >= 15 is 0 Å². The highest BCUT2D eigenvalue weighted by molar-refractivity contribution is 6.28. The van der Waals surface area contributed by atoms with Crippen LogP contribution in [0.5, 0.6) is 0 Å². The van der Waals surface area contributed by atoms with Gasteiger partial charge in [0.1, 0.15) is 5.82 Å². The number of carbonyl (C=O) groups is 1. The minimum Gasteiger partial charge on any atom is -0.365 e. The fourth-order valence-corrected chi connectivity index (χ4v) is 1.59. The molecule has 1 amide bonds. The lowest BCUT2D eigenvalue weighted by Crippen LogP contribution is -2.16. The summed E-state index contributed by atoms with van der Waals surface area (Å²) >= 11 is 5.69. The van der Waals surface area contributed by atoms with Crippen molar-refractivity contribution in [2.45, 2.75) is 6.54 Å². The first kappa shape index (κ1) is 12.3. The van der Waals surface area contributed by atoms with E-state index in [4.69, 9.17) is 17.3 Å². The van der Waals surface area contributed by atoms with Crippen LogP contribution in [0.4, 0.5) is 5.82 Å². The lowest BCUT2D eigenvalue weighted by molar-refractivity contribution is 0.100. The fraction of sp³-hybridized carbons (Fsp3) is 0.0833. The molecule has 1 aromatic heterocycles.